The van der Waals surface area contributed by atoms with Gasteiger partial charge in [0.2, 0.25) is 5.01 Å². The number of hydrogen-bond acceptors (Lipinski definition) is 9. The van der Waals surface area contributed by atoms with E-state index in [0.29, 0.717) is 42.1 Å². The zero-order valence-electron chi connectivity index (χ0n) is 22.6. The molecule has 43 heavy (non-hydrogen) atoms. The van der Waals surface area contributed by atoms with Crippen molar-refractivity contribution in [1.82, 2.24) is 40.8 Å². The summed E-state index contributed by atoms with van der Waals surface area (Å²) in [6.45, 7) is 1.25. The van der Waals surface area contributed by atoms with E-state index in [9.17, 15) is 31.5 Å². The molecular weight excluding hydrogens is 599 g/mol. The SMILES string of the molecule is CC(F)(F)c1ccc(CNC(=O)c2nnc(CCCCn3cc(C(=O)NCc4cccc(OC(F)(F)F)c4)nn3)s2)nc1. The quantitative estimate of drug-likeness (QED) is 0.165. The first-order chi connectivity index (χ1) is 20.4. The molecule has 0 aliphatic rings. The molecule has 4 rings (SSSR count). The van der Waals surface area contributed by atoms with Crippen LogP contribution in [0.3, 0.4) is 0 Å². The fraction of sp³-hybridized carbons (Fsp3) is 0.346. The van der Waals surface area contributed by atoms with Crippen LogP contribution in [0.5, 0.6) is 5.75 Å². The number of aryl methyl sites for hydroxylation is 2. The van der Waals surface area contributed by atoms with Gasteiger partial charge in [0.1, 0.15) is 10.8 Å². The molecular formula is C26H25F5N8O3S. The zero-order chi connectivity index (χ0) is 31.0. The predicted octanol–water partition coefficient (Wildman–Crippen LogP) is 4.42. The van der Waals surface area contributed by atoms with Crippen molar-refractivity contribution in [1.29, 1.82) is 0 Å². The molecule has 11 nitrogen and oxygen atoms in total. The third kappa shape index (κ3) is 9.76. The smallest absolute Gasteiger partial charge is 0.406 e. The molecule has 17 heteroatoms. The Morgan fingerprint density at radius 2 is 1.77 bits per heavy atom. The Morgan fingerprint density at radius 1 is 0.977 bits per heavy atom. The molecule has 0 fully saturated rings. The molecule has 1 aromatic carbocycles. The molecule has 0 saturated heterocycles. The maximum atomic E-state index is 13.3. The summed E-state index contributed by atoms with van der Waals surface area (Å²) in [5.74, 6) is -4.37. The highest BCUT2D eigenvalue weighted by molar-refractivity contribution is 7.13. The Labute approximate surface area is 245 Å². The lowest BCUT2D eigenvalue weighted by Gasteiger charge is -2.10. The second-order valence-electron chi connectivity index (χ2n) is 9.31. The summed E-state index contributed by atoms with van der Waals surface area (Å²) >= 11 is 1.14. The van der Waals surface area contributed by atoms with Gasteiger partial charge in [-0.05, 0) is 42.7 Å². The highest BCUT2D eigenvalue weighted by Crippen LogP contribution is 2.26. The van der Waals surface area contributed by atoms with Gasteiger partial charge < -0.3 is 15.4 Å². The molecule has 0 spiro atoms. The van der Waals surface area contributed by atoms with Crippen LogP contribution in [0.15, 0.2) is 48.8 Å². The number of nitrogens with one attached hydrogen (secondary N) is 2. The Hall–Kier alpha value is -4.54. The van der Waals surface area contributed by atoms with E-state index >= 15 is 0 Å². The van der Waals surface area contributed by atoms with Crippen LogP contribution in [0.4, 0.5) is 22.0 Å². The standard InChI is InChI=1S/C26H25F5N8O3S/c1-25(27,28)17-8-9-18(32-13-17)14-34-23(41)24-37-36-21(43-24)7-2-3-10-39-15-20(35-38-39)22(40)33-12-16-5-4-6-19(11-16)42-26(29,30)31/h4-6,8-9,11,13,15H,2-3,7,10,12,14H2,1H3,(H,33,40)(H,34,41). The molecule has 0 aliphatic carbocycles. The second kappa shape index (κ2) is 13.6. The molecule has 3 aromatic heterocycles. The largest absolute Gasteiger partial charge is 0.573 e. The number of nitrogens with zero attached hydrogens (tertiary/aromatic N) is 6. The maximum absolute atomic E-state index is 13.3. The van der Waals surface area contributed by atoms with Gasteiger partial charge in [0, 0.05) is 38.2 Å². The van der Waals surface area contributed by atoms with Gasteiger partial charge in [-0.3, -0.25) is 19.3 Å². The third-order valence-electron chi connectivity index (χ3n) is 5.81. The zero-order valence-corrected chi connectivity index (χ0v) is 23.4. The van der Waals surface area contributed by atoms with Crippen LogP contribution in [0.1, 0.15) is 61.9 Å². The van der Waals surface area contributed by atoms with Crippen LogP contribution in [0.25, 0.3) is 0 Å². The van der Waals surface area contributed by atoms with Gasteiger partial charge in [-0.1, -0.05) is 28.7 Å². The molecule has 3 heterocycles. The number of rotatable bonds is 13. The molecule has 0 bridgehead atoms. The van der Waals surface area contributed by atoms with E-state index in [1.165, 1.54) is 35.1 Å². The van der Waals surface area contributed by atoms with Crippen LogP contribution >= 0.6 is 11.3 Å². The average Bonchev–Trinajstić information content (AvgIpc) is 3.62. The molecule has 0 aliphatic heterocycles. The van der Waals surface area contributed by atoms with E-state index in [-0.39, 0.29) is 35.1 Å². The van der Waals surface area contributed by atoms with Crippen molar-refractivity contribution < 1.29 is 36.3 Å². The van der Waals surface area contributed by atoms with Gasteiger partial charge in [0.05, 0.1) is 18.4 Å². The molecule has 0 radical (unpaired) electrons. The number of carbonyl (C=O) groups is 2. The van der Waals surface area contributed by atoms with E-state index in [1.807, 2.05) is 0 Å². The van der Waals surface area contributed by atoms with Crippen molar-refractivity contribution in [2.24, 2.45) is 0 Å². The van der Waals surface area contributed by atoms with E-state index in [4.69, 9.17) is 0 Å². The number of halogens is 5. The Morgan fingerprint density at radius 3 is 2.49 bits per heavy atom. The molecule has 2 amide bonds. The number of unbranched alkanes of at least 4 members (excludes halogenated alkanes) is 1. The Bertz CT molecular complexity index is 1540. The van der Waals surface area contributed by atoms with Gasteiger partial charge in [0.15, 0.2) is 5.69 Å². The van der Waals surface area contributed by atoms with E-state index in [2.05, 4.69) is 40.9 Å². The topological polar surface area (TPSA) is 137 Å². The summed E-state index contributed by atoms with van der Waals surface area (Å²) in [7, 11) is 0. The van der Waals surface area contributed by atoms with Crippen molar-refractivity contribution >= 4 is 23.2 Å². The van der Waals surface area contributed by atoms with Crippen molar-refractivity contribution in [2.75, 3.05) is 0 Å². The lowest BCUT2D eigenvalue weighted by molar-refractivity contribution is -0.274. The van der Waals surface area contributed by atoms with Crippen molar-refractivity contribution in [2.45, 2.75) is 58.1 Å². The minimum absolute atomic E-state index is 0.0347. The van der Waals surface area contributed by atoms with Crippen molar-refractivity contribution in [3.8, 4) is 5.75 Å². The van der Waals surface area contributed by atoms with Crippen LogP contribution in [-0.2, 0) is 32.0 Å². The van der Waals surface area contributed by atoms with Crippen LogP contribution in [-0.4, -0.2) is 48.4 Å². The van der Waals surface area contributed by atoms with Crippen LogP contribution in [0.2, 0.25) is 0 Å². The minimum Gasteiger partial charge on any atom is -0.406 e. The fourth-order valence-electron chi connectivity index (χ4n) is 3.67. The Kier molecular flexibility index (Phi) is 9.95. The first-order valence-electron chi connectivity index (χ1n) is 12.8. The highest BCUT2D eigenvalue weighted by Gasteiger charge is 2.31. The number of alkyl halides is 5. The summed E-state index contributed by atoms with van der Waals surface area (Å²) in [6, 6.07) is 7.95. The van der Waals surface area contributed by atoms with Gasteiger partial charge in [-0.25, -0.2) is 8.78 Å². The van der Waals surface area contributed by atoms with Crippen molar-refractivity contribution in [3.63, 3.8) is 0 Å². The van der Waals surface area contributed by atoms with Gasteiger partial charge in [-0.2, -0.15) is 0 Å². The van der Waals surface area contributed by atoms with Crippen LogP contribution < -0.4 is 15.4 Å². The summed E-state index contributed by atoms with van der Waals surface area (Å²) < 4.78 is 69.2. The number of benzene rings is 1. The number of amides is 2. The lowest BCUT2D eigenvalue weighted by Crippen LogP contribution is -2.23. The van der Waals surface area contributed by atoms with E-state index in [0.717, 1.165) is 30.5 Å². The molecule has 2 N–H and O–H groups in total. The lowest BCUT2D eigenvalue weighted by atomic mass is 10.1. The Balaban J connectivity index is 1.16. The van der Waals surface area contributed by atoms with Gasteiger partial charge in [-0.15, -0.1) is 28.5 Å². The van der Waals surface area contributed by atoms with E-state index < -0.39 is 24.1 Å². The summed E-state index contributed by atoms with van der Waals surface area (Å²) in [5, 5.41) is 21.7. The molecule has 4 aromatic rings. The van der Waals surface area contributed by atoms with Gasteiger partial charge in [0.25, 0.3) is 17.7 Å². The first kappa shape index (κ1) is 31.4. The number of carbonyl (C=O) groups excluding carboxylic acids is 2. The highest BCUT2D eigenvalue weighted by atomic mass is 32.1. The minimum atomic E-state index is -4.81. The molecule has 228 valence electrons. The third-order valence-corrected chi connectivity index (χ3v) is 6.79. The number of pyridine rings is 1. The summed E-state index contributed by atoms with van der Waals surface area (Å²) in [5.41, 5.74) is 0.669. The maximum Gasteiger partial charge on any atom is 0.573 e. The molecule has 0 atom stereocenters. The average molecular weight is 625 g/mol. The first-order valence-corrected chi connectivity index (χ1v) is 13.6. The van der Waals surface area contributed by atoms with E-state index in [1.54, 1.807) is 6.07 Å². The summed E-state index contributed by atoms with van der Waals surface area (Å²) in [4.78, 5) is 28.7. The monoisotopic (exact) mass is 624 g/mol. The van der Waals surface area contributed by atoms with Crippen LogP contribution in [0, 0.1) is 0 Å². The van der Waals surface area contributed by atoms with Gasteiger partial charge >= 0.3 is 6.36 Å². The number of hydrogen-bond donors (Lipinski definition) is 2. The number of aromatic nitrogens is 6. The summed E-state index contributed by atoms with van der Waals surface area (Å²) in [6.07, 6.45) is -0.376. The van der Waals surface area contributed by atoms with Crippen molar-refractivity contribution in [3.05, 3.63) is 81.3 Å². The number of ether oxygens (including phenoxy) is 1. The normalized spacial score (nSPS) is 11.8. The predicted molar refractivity (Wildman–Crippen MR) is 142 cm³/mol. The fourth-order valence-corrected chi connectivity index (χ4v) is 4.47. The second-order valence-corrected chi connectivity index (χ2v) is 10.4. The molecule has 0 saturated carbocycles. The molecule has 0 unspecified atom stereocenters.